The zero-order chi connectivity index (χ0) is 61.5. The number of benzene rings is 14. The summed E-state index contributed by atoms with van der Waals surface area (Å²) in [6.45, 7) is 0. The van der Waals surface area contributed by atoms with Gasteiger partial charge in [0.1, 0.15) is 0 Å². The fraction of sp³-hybridized carbons (Fsp3) is 0. The molecule has 0 amide bonds. The van der Waals surface area contributed by atoms with Gasteiger partial charge in [0.2, 0.25) is 0 Å². The Kier molecular flexibility index (Phi) is 16.4. The molecule has 0 radical (unpaired) electrons. The van der Waals surface area contributed by atoms with E-state index in [-0.39, 0.29) is 114 Å². The Balaban J connectivity index is 0.865. The second-order valence-corrected chi connectivity index (χ2v) is 27.0. The van der Waals surface area contributed by atoms with Crippen molar-refractivity contribution in [3.05, 3.63) is 284 Å². The monoisotopic (exact) mass is 1450 g/mol. The van der Waals surface area contributed by atoms with E-state index in [1.807, 2.05) is 72.8 Å². The van der Waals surface area contributed by atoms with E-state index in [4.69, 9.17) is 186 Å². The largest absolute Gasteiger partial charge is 0.0820 e. The highest BCUT2D eigenvalue weighted by molar-refractivity contribution is 6.60. The van der Waals surface area contributed by atoms with Crippen LogP contribution in [0.15, 0.2) is 170 Å². The van der Waals surface area contributed by atoms with Crippen molar-refractivity contribution in [3.63, 3.8) is 0 Å². The van der Waals surface area contributed by atoms with Crippen molar-refractivity contribution in [2.45, 2.75) is 0 Å². The first kappa shape index (κ1) is 60.8. The molecular formula is C72H30Cl16. The predicted molar refractivity (Wildman–Crippen MR) is 390 cm³/mol. The van der Waals surface area contributed by atoms with Crippen molar-refractivity contribution in [3.8, 4) is 33.4 Å². The molecule has 0 spiro atoms. The highest BCUT2D eigenvalue weighted by Gasteiger charge is 2.34. The molecule has 0 saturated heterocycles. The van der Waals surface area contributed by atoms with Gasteiger partial charge >= 0.3 is 0 Å². The smallest absolute Gasteiger partial charge is 0.0694 e. The maximum absolute atomic E-state index is 7.30. The Labute approximate surface area is 584 Å². The second kappa shape index (κ2) is 23.8. The van der Waals surface area contributed by atoms with Crippen molar-refractivity contribution >= 4 is 274 Å². The average molecular weight is 1460 g/mol. The van der Waals surface area contributed by atoms with Crippen molar-refractivity contribution in [1.29, 1.82) is 0 Å². The Bertz CT molecular complexity index is 4800. The van der Waals surface area contributed by atoms with Gasteiger partial charge in [0.15, 0.2) is 0 Å². The summed E-state index contributed by atoms with van der Waals surface area (Å²) in [7, 11) is 0. The molecule has 0 nitrogen and oxygen atoms in total. The van der Waals surface area contributed by atoms with Crippen LogP contribution in [0.2, 0.25) is 80.4 Å². The molecule has 430 valence electrons. The van der Waals surface area contributed by atoms with E-state index >= 15 is 0 Å². The van der Waals surface area contributed by atoms with Gasteiger partial charge in [-0.1, -0.05) is 331 Å². The Morgan fingerprint density at radius 2 is 0.398 bits per heavy atom. The molecule has 14 aromatic carbocycles. The van der Waals surface area contributed by atoms with Gasteiger partial charge < -0.3 is 0 Å². The maximum atomic E-state index is 7.30. The predicted octanol–water partition coefficient (Wildman–Crippen LogP) is 30.1. The molecule has 0 aliphatic rings. The van der Waals surface area contributed by atoms with Gasteiger partial charge in [-0.25, -0.2) is 0 Å². The van der Waals surface area contributed by atoms with Gasteiger partial charge in [-0.3, -0.25) is 0 Å². The third-order valence-electron chi connectivity index (χ3n) is 16.2. The number of hydrogen-bond acceptors (Lipinski definition) is 0. The lowest BCUT2D eigenvalue weighted by Crippen LogP contribution is -1.98. The molecule has 0 atom stereocenters. The number of halogens is 16. The lowest BCUT2D eigenvalue weighted by atomic mass is 9.89. The molecule has 0 unspecified atom stereocenters. The molecule has 0 aliphatic carbocycles. The van der Waals surface area contributed by atoms with Gasteiger partial charge in [-0.15, -0.1) is 0 Å². The third kappa shape index (κ3) is 9.79. The molecule has 0 fully saturated rings. The van der Waals surface area contributed by atoms with E-state index in [1.165, 1.54) is 10.8 Å². The van der Waals surface area contributed by atoms with Crippen LogP contribution in [0, 0.1) is 0 Å². The van der Waals surface area contributed by atoms with Gasteiger partial charge in [0, 0.05) is 44.5 Å². The standard InChI is InChI=1S/C72H30Cl16/c73-57-45(29-43(31-9-3-1-4-10-31)41-25-37-21-17-33-13-7-14-34-18-22-38(26-41)49(37)47(33)34)58(74)62(78)51(61(57)77)53-65(81)69(85)55(70(86)66(53)82)56-71(87)67(83)54(68(84)72(56)88)52-63(79)59(75)46(60(76)64(52)80)30-44(32-11-5-2-6-12-32)42-27-39-23-19-35-15-8-16-36-20-24-40(28-42)50(39)48(35)36/h1-30H. The summed E-state index contributed by atoms with van der Waals surface area (Å²) >= 11 is 117. The summed E-state index contributed by atoms with van der Waals surface area (Å²) in [5.74, 6) is 0. The molecule has 14 aromatic rings. The summed E-state index contributed by atoms with van der Waals surface area (Å²) in [6, 6.07) is 57.9. The molecule has 16 heteroatoms. The van der Waals surface area contributed by atoms with Crippen LogP contribution in [0.5, 0.6) is 0 Å². The first-order valence-electron chi connectivity index (χ1n) is 26.7. The normalized spacial score (nSPS) is 12.5. The minimum absolute atomic E-state index is 0.000512. The maximum Gasteiger partial charge on any atom is 0.0694 e. The lowest BCUT2D eigenvalue weighted by molar-refractivity contribution is 1.55. The van der Waals surface area contributed by atoms with Crippen LogP contribution in [0.1, 0.15) is 33.4 Å². The fourth-order valence-electron chi connectivity index (χ4n) is 12.1. The van der Waals surface area contributed by atoms with Crippen LogP contribution in [0.25, 0.3) is 121 Å². The Morgan fingerprint density at radius 1 is 0.193 bits per heavy atom. The summed E-state index contributed by atoms with van der Waals surface area (Å²) < 4.78 is 0. The second-order valence-electron chi connectivity index (χ2n) is 21.0. The quantitative estimate of drug-likeness (QED) is 0.0768. The zero-order valence-electron chi connectivity index (χ0n) is 44.4. The van der Waals surface area contributed by atoms with E-state index in [0.717, 1.165) is 87.3 Å². The third-order valence-corrected chi connectivity index (χ3v) is 23.0. The van der Waals surface area contributed by atoms with E-state index in [2.05, 4.69) is 109 Å². The Hall–Kier alpha value is -4.72. The highest BCUT2D eigenvalue weighted by atomic mass is 35.5. The van der Waals surface area contributed by atoms with E-state index in [1.54, 1.807) is 0 Å². The molecule has 0 bridgehead atoms. The van der Waals surface area contributed by atoms with Crippen molar-refractivity contribution in [2.24, 2.45) is 0 Å². The fourth-order valence-corrected chi connectivity index (χ4v) is 16.9. The van der Waals surface area contributed by atoms with Crippen molar-refractivity contribution < 1.29 is 0 Å². The van der Waals surface area contributed by atoms with E-state index < -0.39 is 0 Å². The van der Waals surface area contributed by atoms with Gasteiger partial charge in [0.25, 0.3) is 0 Å². The van der Waals surface area contributed by atoms with Crippen LogP contribution >= 0.6 is 186 Å². The highest BCUT2D eigenvalue weighted by Crippen LogP contribution is 2.61. The molecule has 0 N–H and O–H groups in total. The van der Waals surface area contributed by atoms with Crippen LogP contribution < -0.4 is 0 Å². The lowest BCUT2D eigenvalue weighted by Gasteiger charge is -2.23. The first-order chi connectivity index (χ1) is 42.3. The van der Waals surface area contributed by atoms with Crippen LogP contribution in [0.4, 0.5) is 0 Å². The molecular weight excluding hydrogens is 1430 g/mol. The summed E-state index contributed by atoms with van der Waals surface area (Å²) in [5, 5.41) is 11.9. The molecule has 14 rings (SSSR count). The van der Waals surface area contributed by atoms with Gasteiger partial charge in [-0.2, -0.15) is 0 Å². The summed E-state index contributed by atoms with van der Waals surface area (Å²) in [6.07, 6.45) is 3.71. The van der Waals surface area contributed by atoms with Crippen LogP contribution in [-0.4, -0.2) is 0 Å². The van der Waals surface area contributed by atoms with Crippen LogP contribution in [0.3, 0.4) is 0 Å². The average Bonchev–Trinajstić information content (AvgIpc) is 0.896. The zero-order valence-corrected chi connectivity index (χ0v) is 56.5. The van der Waals surface area contributed by atoms with Crippen molar-refractivity contribution in [2.75, 3.05) is 0 Å². The van der Waals surface area contributed by atoms with Gasteiger partial charge in [-0.05, 0) is 134 Å². The molecule has 0 heterocycles. The van der Waals surface area contributed by atoms with Crippen molar-refractivity contribution in [1.82, 2.24) is 0 Å². The summed E-state index contributed by atoms with van der Waals surface area (Å²) in [5.41, 5.74) is 5.72. The topological polar surface area (TPSA) is 0 Å². The minimum atomic E-state index is -0.198. The number of hydrogen-bond donors (Lipinski definition) is 0. The van der Waals surface area contributed by atoms with Gasteiger partial charge in [0.05, 0.1) is 80.4 Å². The summed E-state index contributed by atoms with van der Waals surface area (Å²) in [4.78, 5) is 0. The first-order valence-corrected chi connectivity index (χ1v) is 32.7. The molecule has 0 aliphatic heterocycles. The molecule has 88 heavy (non-hydrogen) atoms. The van der Waals surface area contributed by atoms with Crippen LogP contribution in [-0.2, 0) is 0 Å². The molecule has 0 saturated carbocycles. The minimum Gasteiger partial charge on any atom is -0.0820 e. The molecule has 0 aromatic heterocycles. The van der Waals surface area contributed by atoms with E-state index in [9.17, 15) is 0 Å². The number of rotatable bonds is 9. The van der Waals surface area contributed by atoms with E-state index in [0.29, 0.717) is 11.1 Å². The Morgan fingerprint density at radius 3 is 0.636 bits per heavy atom. The SMILES string of the molecule is Clc1c(Cl)c(-c2c(Cl)c(Cl)c(-c3c(Cl)c(Cl)c(-c4c(Cl)c(Cl)c(C=C(c5ccccc5)c5cc6ccc7cccc8ccc(c5)c6c78)c(Cl)c4Cl)c(Cl)c3Cl)c(Cl)c2Cl)c(Cl)c(Cl)c1C=C(c1ccccc1)c1cc2ccc3cccc4ccc(c1)c2c34.